The third-order valence-electron chi connectivity index (χ3n) is 7.61. The van der Waals surface area contributed by atoms with E-state index < -0.39 is 11.7 Å². The summed E-state index contributed by atoms with van der Waals surface area (Å²) < 4.78 is 27.3. The molecule has 0 radical (unpaired) electrons. The van der Waals surface area contributed by atoms with E-state index in [2.05, 4.69) is 24.3 Å². The lowest BCUT2D eigenvalue weighted by molar-refractivity contribution is -0.118. The van der Waals surface area contributed by atoms with Crippen LogP contribution >= 0.6 is 0 Å². The summed E-state index contributed by atoms with van der Waals surface area (Å²) in [7, 11) is 3.77. The van der Waals surface area contributed by atoms with Crippen LogP contribution in [0.25, 0.3) is 22.3 Å². The molecule has 5 rings (SSSR count). The maximum atomic E-state index is 14.1. The topological polar surface area (TPSA) is 98.1 Å². The van der Waals surface area contributed by atoms with E-state index in [-0.39, 0.29) is 23.8 Å². The van der Waals surface area contributed by atoms with E-state index >= 15 is 0 Å². The fourth-order valence-electron chi connectivity index (χ4n) is 5.12. The van der Waals surface area contributed by atoms with E-state index in [1.54, 1.807) is 42.5 Å². The molecule has 5 aromatic rings. The Labute approximate surface area is 273 Å². The Balaban J connectivity index is 1.58. The molecule has 242 valence electrons. The highest BCUT2D eigenvalue weighted by Gasteiger charge is 2.19. The smallest absolute Gasteiger partial charge is 0.282 e. The van der Waals surface area contributed by atoms with E-state index in [1.807, 2.05) is 57.1 Å². The van der Waals surface area contributed by atoms with Crippen molar-refractivity contribution in [3.63, 3.8) is 0 Å². The second kappa shape index (κ2) is 14.3. The molecule has 1 N–H and O–H groups in total. The molecule has 0 atom stereocenters. The molecule has 0 unspecified atom stereocenters. The van der Waals surface area contributed by atoms with Crippen LogP contribution in [0.1, 0.15) is 43.4 Å². The Morgan fingerprint density at radius 3 is 2.49 bits per heavy atom. The third kappa shape index (κ3) is 7.33. The number of carbonyl (C=O) groups excluding carboxylic acids is 1. The number of hydrogen-bond acceptors (Lipinski definition) is 7. The monoisotopic (exact) mass is 635 g/mol. The molecular weight excluding hydrogens is 597 g/mol. The number of fused-ring (bicyclic) bond motifs is 1. The molecule has 47 heavy (non-hydrogen) atoms. The predicted molar refractivity (Wildman–Crippen MR) is 186 cm³/mol. The number of aromatic nitrogens is 2. The lowest BCUT2D eigenvalue weighted by atomic mass is 9.96. The number of para-hydroxylation sites is 2. The standard InChI is InChI=1S/C37H38FN5O4/c1-7-46-34-18-24(4)29(20-28(34)23(2)3)36-41-31-14-10-8-12-27(31)37(45)43(36)39-21-25-16-17-26(42(5)6)19-33(25)47-22-35(44)40-32-15-11-9-13-30(32)38/h8-21,23H,7,22H2,1-6H3,(H,40,44). The average Bonchev–Trinajstić information content (AvgIpc) is 3.04. The summed E-state index contributed by atoms with van der Waals surface area (Å²) in [6, 6.07) is 22.5. The molecule has 1 aromatic heterocycles. The molecule has 0 aliphatic heterocycles. The second-order valence-corrected chi connectivity index (χ2v) is 11.5. The molecule has 10 heteroatoms. The van der Waals surface area contributed by atoms with Crippen LogP contribution in [-0.2, 0) is 4.79 Å². The Kier molecular flexibility index (Phi) is 9.99. The molecular formula is C37H38FN5O4. The van der Waals surface area contributed by atoms with E-state index in [9.17, 15) is 14.0 Å². The first-order valence-corrected chi connectivity index (χ1v) is 15.4. The van der Waals surface area contributed by atoms with E-state index in [1.165, 1.54) is 23.0 Å². The minimum absolute atomic E-state index is 0.0610. The maximum absolute atomic E-state index is 14.1. The largest absolute Gasteiger partial charge is 0.494 e. The highest BCUT2D eigenvalue weighted by molar-refractivity contribution is 5.92. The van der Waals surface area contributed by atoms with Crippen molar-refractivity contribution in [3.05, 3.63) is 112 Å². The van der Waals surface area contributed by atoms with E-state index in [0.717, 1.165) is 28.1 Å². The van der Waals surface area contributed by atoms with Gasteiger partial charge < -0.3 is 19.7 Å². The van der Waals surface area contributed by atoms with Crippen LogP contribution in [0, 0.1) is 12.7 Å². The van der Waals surface area contributed by atoms with Crippen LogP contribution in [0.4, 0.5) is 15.8 Å². The fourth-order valence-corrected chi connectivity index (χ4v) is 5.12. The van der Waals surface area contributed by atoms with Gasteiger partial charge in [0.2, 0.25) is 0 Å². The molecule has 0 saturated heterocycles. The van der Waals surface area contributed by atoms with Gasteiger partial charge in [0, 0.05) is 37.0 Å². The molecule has 0 spiro atoms. The highest BCUT2D eigenvalue weighted by Crippen LogP contribution is 2.34. The van der Waals surface area contributed by atoms with E-state index in [0.29, 0.717) is 34.6 Å². The number of nitrogens with zero attached hydrogens (tertiary/aromatic N) is 4. The van der Waals surface area contributed by atoms with Crippen LogP contribution in [0.5, 0.6) is 11.5 Å². The van der Waals surface area contributed by atoms with Gasteiger partial charge in [-0.05, 0) is 79.4 Å². The normalized spacial score (nSPS) is 11.3. The number of nitrogens with one attached hydrogen (secondary N) is 1. The maximum Gasteiger partial charge on any atom is 0.282 e. The van der Waals surface area contributed by atoms with Crippen molar-refractivity contribution < 1.29 is 18.7 Å². The zero-order valence-electron chi connectivity index (χ0n) is 27.4. The average molecular weight is 636 g/mol. The van der Waals surface area contributed by atoms with Crippen molar-refractivity contribution in [2.75, 3.05) is 37.5 Å². The molecule has 0 bridgehead atoms. The summed E-state index contributed by atoms with van der Waals surface area (Å²) in [5.74, 6) is 0.610. The quantitative estimate of drug-likeness (QED) is 0.157. The number of carbonyl (C=O) groups is 1. The molecule has 0 saturated carbocycles. The molecule has 0 aliphatic rings. The third-order valence-corrected chi connectivity index (χ3v) is 7.61. The van der Waals surface area contributed by atoms with Crippen molar-refractivity contribution in [1.29, 1.82) is 0 Å². The summed E-state index contributed by atoms with van der Waals surface area (Å²) >= 11 is 0. The van der Waals surface area contributed by atoms with Crippen molar-refractivity contribution in [2.24, 2.45) is 5.10 Å². The summed E-state index contributed by atoms with van der Waals surface area (Å²) in [5.41, 5.74) is 4.25. The number of aryl methyl sites for hydroxylation is 1. The first-order valence-electron chi connectivity index (χ1n) is 15.4. The Bertz CT molecular complexity index is 2020. The van der Waals surface area contributed by atoms with E-state index in [4.69, 9.17) is 14.5 Å². The first-order chi connectivity index (χ1) is 22.6. The van der Waals surface area contributed by atoms with Gasteiger partial charge >= 0.3 is 0 Å². The van der Waals surface area contributed by atoms with Gasteiger partial charge in [-0.15, -0.1) is 0 Å². The van der Waals surface area contributed by atoms with Crippen LogP contribution in [0.3, 0.4) is 0 Å². The number of anilines is 2. The van der Waals surface area contributed by atoms with Gasteiger partial charge in [0.05, 0.1) is 29.4 Å². The Morgan fingerprint density at radius 1 is 1.02 bits per heavy atom. The number of benzene rings is 4. The minimum Gasteiger partial charge on any atom is -0.494 e. The second-order valence-electron chi connectivity index (χ2n) is 11.5. The Morgan fingerprint density at radius 2 is 1.77 bits per heavy atom. The van der Waals surface area contributed by atoms with Gasteiger partial charge in [-0.1, -0.05) is 38.1 Å². The van der Waals surface area contributed by atoms with Crippen LogP contribution in [-0.4, -0.2) is 49.1 Å². The summed E-state index contributed by atoms with van der Waals surface area (Å²) in [5, 5.41) is 7.61. The van der Waals surface area contributed by atoms with Gasteiger partial charge in [-0.25, -0.2) is 9.37 Å². The molecule has 9 nitrogen and oxygen atoms in total. The summed E-state index contributed by atoms with van der Waals surface area (Å²) in [4.78, 5) is 33.4. The zero-order chi connectivity index (χ0) is 33.7. The first kappa shape index (κ1) is 32.9. The van der Waals surface area contributed by atoms with Crippen LogP contribution < -0.4 is 25.2 Å². The summed E-state index contributed by atoms with van der Waals surface area (Å²) in [6.07, 6.45) is 1.51. The number of halogens is 1. The van der Waals surface area contributed by atoms with Gasteiger partial charge in [-0.2, -0.15) is 9.78 Å². The molecule has 1 amide bonds. The zero-order valence-corrected chi connectivity index (χ0v) is 27.4. The van der Waals surface area contributed by atoms with Crippen molar-refractivity contribution in [1.82, 2.24) is 9.66 Å². The summed E-state index contributed by atoms with van der Waals surface area (Å²) in [6.45, 7) is 8.23. The van der Waals surface area contributed by atoms with Crippen molar-refractivity contribution in [2.45, 2.75) is 33.6 Å². The van der Waals surface area contributed by atoms with Gasteiger partial charge in [0.1, 0.15) is 17.3 Å². The highest BCUT2D eigenvalue weighted by atomic mass is 19.1. The van der Waals surface area contributed by atoms with Gasteiger partial charge in [-0.3, -0.25) is 9.59 Å². The van der Waals surface area contributed by atoms with Crippen LogP contribution in [0.15, 0.2) is 88.8 Å². The number of ether oxygens (including phenoxy) is 2. The minimum atomic E-state index is -0.545. The molecule has 0 fully saturated rings. The molecule has 0 aliphatic carbocycles. The lowest BCUT2D eigenvalue weighted by Crippen LogP contribution is -2.22. The molecule has 1 heterocycles. The van der Waals surface area contributed by atoms with Gasteiger partial charge in [0.15, 0.2) is 12.4 Å². The molecule has 4 aromatic carbocycles. The number of hydrogen-bond donors (Lipinski definition) is 1. The number of amides is 1. The SMILES string of the molecule is CCOc1cc(C)c(-c2nc3ccccc3c(=O)n2N=Cc2ccc(N(C)C)cc2OCC(=O)Nc2ccccc2F)cc1C(C)C. The lowest BCUT2D eigenvalue weighted by Gasteiger charge is -2.18. The van der Waals surface area contributed by atoms with Crippen molar-refractivity contribution in [3.8, 4) is 22.9 Å². The van der Waals surface area contributed by atoms with Gasteiger partial charge in [0.25, 0.3) is 11.5 Å². The number of rotatable bonds is 11. The van der Waals surface area contributed by atoms with Crippen molar-refractivity contribution >= 4 is 34.4 Å². The Hall–Kier alpha value is -5.51. The predicted octanol–water partition coefficient (Wildman–Crippen LogP) is 7.00. The van der Waals surface area contributed by atoms with Crippen LogP contribution in [0.2, 0.25) is 0 Å². The fraction of sp³-hybridized carbons (Fsp3) is 0.243.